The molecule has 9 heteroatoms. The lowest BCUT2D eigenvalue weighted by Gasteiger charge is -2.36. The van der Waals surface area contributed by atoms with Crippen molar-refractivity contribution in [1.29, 1.82) is 0 Å². The molecule has 1 N–H and O–H groups in total. The summed E-state index contributed by atoms with van der Waals surface area (Å²) >= 11 is 0. The molecular formula is C21H35IN4O3S. The van der Waals surface area contributed by atoms with Crippen molar-refractivity contribution in [3.8, 4) is 0 Å². The van der Waals surface area contributed by atoms with Gasteiger partial charge in [0.25, 0.3) is 0 Å². The number of aryl methyl sites for hydroxylation is 1. The van der Waals surface area contributed by atoms with Gasteiger partial charge in [-0.25, -0.2) is 12.7 Å². The first-order valence-electron chi connectivity index (χ1n) is 10.5. The van der Waals surface area contributed by atoms with Crippen molar-refractivity contribution >= 4 is 40.0 Å². The van der Waals surface area contributed by atoms with Crippen LogP contribution in [0.15, 0.2) is 29.3 Å². The van der Waals surface area contributed by atoms with Crippen molar-refractivity contribution < 1.29 is 13.2 Å². The van der Waals surface area contributed by atoms with Gasteiger partial charge in [0.1, 0.15) is 6.10 Å². The summed E-state index contributed by atoms with van der Waals surface area (Å²) in [6.07, 6.45) is 3.07. The van der Waals surface area contributed by atoms with Gasteiger partial charge in [-0.2, -0.15) is 0 Å². The molecule has 1 unspecified atom stereocenters. The van der Waals surface area contributed by atoms with Crippen molar-refractivity contribution in [1.82, 2.24) is 14.5 Å². The minimum Gasteiger partial charge on any atom is -0.370 e. The van der Waals surface area contributed by atoms with Crippen molar-refractivity contribution in [3.63, 3.8) is 0 Å². The summed E-state index contributed by atoms with van der Waals surface area (Å²) in [5, 5.41) is 3.43. The van der Waals surface area contributed by atoms with Gasteiger partial charge in [-0.1, -0.05) is 24.3 Å². The molecule has 2 aliphatic rings. The zero-order valence-electron chi connectivity index (χ0n) is 18.2. The van der Waals surface area contributed by atoms with E-state index in [1.807, 2.05) is 0 Å². The Morgan fingerprint density at radius 2 is 1.93 bits per heavy atom. The Morgan fingerprint density at radius 1 is 1.23 bits per heavy atom. The first-order valence-corrected chi connectivity index (χ1v) is 12.4. The van der Waals surface area contributed by atoms with E-state index in [4.69, 9.17) is 9.73 Å². The molecule has 0 spiro atoms. The van der Waals surface area contributed by atoms with E-state index in [0.717, 1.165) is 45.0 Å². The normalized spacial score (nSPS) is 21.9. The second-order valence-electron chi connectivity index (χ2n) is 7.96. The average molecular weight is 551 g/mol. The highest BCUT2D eigenvalue weighted by Gasteiger charge is 2.27. The smallest absolute Gasteiger partial charge is 0.211 e. The molecule has 1 aromatic carbocycles. The molecule has 0 bridgehead atoms. The summed E-state index contributed by atoms with van der Waals surface area (Å²) in [4.78, 5) is 7.19. The van der Waals surface area contributed by atoms with Crippen LogP contribution in [-0.2, 0) is 14.8 Å². The maximum Gasteiger partial charge on any atom is 0.211 e. The van der Waals surface area contributed by atoms with Crippen molar-refractivity contribution in [3.05, 3.63) is 35.4 Å². The number of hydrogen-bond acceptors (Lipinski definition) is 4. The van der Waals surface area contributed by atoms with Gasteiger partial charge in [0, 0.05) is 32.7 Å². The Morgan fingerprint density at radius 3 is 2.57 bits per heavy atom. The topological polar surface area (TPSA) is 74.2 Å². The maximum atomic E-state index is 11.7. The molecule has 0 amide bonds. The Bertz CT molecular complexity index is 810. The van der Waals surface area contributed by atoms with Gasteiger partial charge in [0.2, 0.25) is 10.0 Å². The van der Waals surface area contributed by atoms with E-state index in [1.54, 1.807) is 4.31 Å². The number of piperidine rings is 1. The number of sulfonamides is 1. The number of halogens is 1. The molecule has 0 aromatic heterocycles. The van der Waals surface area contributed by atoms with Gasteiger partial charge in [-0.15, -0.1) is 24.0 Å². The number of morpholine rings is 1. The molecule has 2 fully saturated rings. The molecule has 170 valence electrons. The van der Waals surface area contributed by atoms with Gasteiger partial charge in [-0.05, 0) is 43.7 Å². The zero-order valence-corrected chi connectivity index (χ0v) is 21.4. The number of nitrogens with one attached hydrogen (secondary N) is 1. The number of hydrogen-bond donors (Lipinski definition) is 1. The maximum absolute atomic E-state index is 11.7. The van der Waals surface area contributed by atoms with E-state index in [-0.39, 0.29) is 30.1 Å². The van der Waals surface area contributed by atoms with Crippen LogP contribution in [0.3, 0.4) is 0 Å². The van der Waals surface area contributed by atoms with E-state index < -0.39 is 10.0 Å². The molecule has 30 heavy (non-hydrogen) atoms. The van der Waals surface area contributed by atoms with Crippen LogP contribution >= 0.6 is 24.0 Å². The molecule has 0 aliphatic carbocycles. The molecule has 0 saturated carbocycles. The number of ether oxygens (including phenoxy) is 1. The Kier molecular flexibility index (Phi) is 9.83. The number of nitrogens with zero attached hydrogens (tertiary/aromatic N) is 3. The first-order chi connectivity index (χ1) is 13.9. The molecule has 3 rings (SSSR count). The van der Waals surface area contributed by atoms with Crippen molar-refractivity contribution in [2.75, 3.05) is 52.1 Å². The second kappa shape index (κ2) is 11.6. The highest BCUT2D eigenvalue weighted by molar-refractivity contribution is 14.0. The lowest BCUT2D eigenvalue weighted by atomic mass is 9.98. The minimum atomic E-state index is -3.08. The second-order valence-corrected chi connectivity index (χ2v) is 9.94. The van der Waals surface area contributed by atoms with Crippen LogP contribution in [0.1, 0.15) is 37.0 Å². The van der Waals surface area contributed by atoms with Gasteiger partial charge < -0.3 is 15.0 Å². The molecule has 2 aliphatic heterocycles. The zero-order chi connectivity index (χ0) is 20.9. The summed E-state index contributed by atoms with van der Waals surface area (Å²) in [6.45, 7) is 9.23. The summed E-state index contributed by atoms with van der Waals surface area (Å²) in [6, 6.07) is 8.38. The van der Waals surface area contributed by atoms with Crippen LogP contribution in [0.25, 0.3) is 0 Å². The third-order valence-corrected chi connectivity index (χ3v) is 7.08. The van der Waals surface area contributed by atoms with Gasteiger partial charge in [-0.3, -0.25) is 4.99 Å². The fraction of sp³-hybridized carbons (Fsp3) is 0.667. The van der Waals surface area contributed by atoms with Crippen LogP contribution in [-0.4, -0.2) is 75.7 Å². The van der Waals surface area contributed by atoms with Crippen LogP contribution in [0.2, 0.25) is 0 Å². The Balaban J connectivity index is 0.00000320. The molecule has 1 atom stereocenters. The quantitative estimate of drug-likeness (QED) is 0.347. The predicted molar refractivity (Wildman–Crippen MR) is 132 cm³/mol. The summed E-state index contributed by atoms with van der Waals surface area (Å²) in [7, 11) is -3.08. The molecule has 2 saturated heterocycles. The van der Waals surface area contributed by atoms with Gasteiger partial charge in [0.05, 0.1) is 19.4 Å². The van der Waals surface area contributed by atoms with Gasteiger partial charge >= 0.3 is 0 Å². The Labute approximate surface area is 198 Å². The Hall–Kier alpha value is -0.910. The SMILES string of the molecule is CCNC(=NCC1CCN(S(C)(=O)=O)CC1)N1CCOC(c2ccccc2C)C1.I. The lowest BCUT2D eigenvalue weighted by Crippen LogP contribution is -2.48. The summed E-state index contributed by atoms with van der Waals surface area (Å²) in [5.41, 5.74) is 2.49. The van der Waals surface area contributed by atoms with Crippen molar-refractivity contribution in [2.24, 2.45) is 10.9 Å². The third-order valence-electron chi connectivity index (χ3n) is 5.78. The lowest BCUT2D eigenvalue weighted by molar-refractivity contribution is -0.00836. The fourth-order valence-electron chi connectivity index (χ4n) is 4.04. The predicted octanol–water partition coefficient (Wildman–Crippen LogP) is 2.62. The summed E-state index contributed by atoms with van der Waals surface area (Å²) in [5.74, 6) is 1.36. The highest BCUT2D eigenvalue weighted by Crippen LogP contribution is 2.25. The van der Waals surface area contributed by atoms with Crippen LogP contribution in [0.5, 0.6) is 0 Å². The van der Waals surface area contributed by atoms with Crippen LogP contribution in [0, 0.1) is 12.8 Å². The molecule has 7 nitrogen and oxygen atoms in total. The molecule has 1 aromatic rings. The van der Waals surface area contributed by atoms with E-state index in [0.29, 0.717) is 25.6 Å². The standard InChI is InChI=1S/C21H34N4O3S.HI/c1-4-22-21(23-15-18-9-11-25(12-10-18)29(3,26)27)24-13-14-28-20(16-24)19-8-6-5-7-17(19)2;/h5-8,18,20H,4,9-16H2,1-3H3,(H,22,23);1H. The number of guanidine groups is 1. The molecular weight excluding hydrogens is 515 g/mol. The van der Waals surface area contributed by atoms with Crippen molar-refractivity contribution in [2.45, 2.75) is 32.8 Å². The number of benzene rings is 1. The molecule has 2 heterocycles. The first kappa shape index (κ1) is 25.4. The van der Waals surface area contributed by atoms with E-state index in [1.165, 1.54) is 17.4 Å². The average Bonchev–Trinajstić information content (AvgIpc) is 2.71. The highest BCUT2D eigenvalue weighted by atomic mass is 127. The van der Waals surface area contributed by atoms with Crippen LogP contribution in [0.4, 0.5) is 0 Å². The third kappa shape index (κ3) is 6.80. The monoisotopic (exact) mass is 550 g/mol. The fourth-order valence-corrected chi connectivity index (χ4v) is 4.92. The number of rotatable bonds is 5. The van der Waals surface area contributed by atoms with E-state index >= 15 is 0 Å². The van der Waals surface area contributed by atoms with Gasteiger partial charge in [0.15, 0.2) is 5.96 Å². The largest absolute Gasteiger partial charge is 0.370 e. The minimum absolute atomic E-state index is 0. The van der Waals surface area contributed by atoms with Crippen LogP contribution < -0.4 is 5.32 Å². The van der Waals surface area contributed by atoms with E-state index in [2.05, 4.69) is 48.3 Å². The summed E-state index contributed by atoms with van der Waals surface area (Å²) < 4.78 is 31.0. The number of aliphatic imine (C=N–C) groups is 1. The molecule has 0 radical (unpaired) electrons. The van der Waals surface area contributed by atoms with E-state index in [9.17, 15) is 8.42 Å².